The van der Waals surface area contributed by atoms with Crippen molar-refractivity contribution in [1.82, 2.24) is 5.32 Å². The second-order valence-electron chi connectivity index (χ2n) is 5.32. The first-order valence-electron chi connectivity index (χ1n) is 6.22. The summed E-state index contributed by atoms with van der Waals surface area (Å²) in [7, 11) is 0. The molecule has 98 valence electrons. The van der Waals surface area contributed by atoms with Crippen molar-refractivity contribution in [3.8, 4) is 5.75 Å². The zero-order valence-electron chi connectivity index (χ0n) is 10.8. The van der Waals surface area contributed by atoms with Gasteiger partial charge in [-0.3, -0.25) is 4.79 Å². The molecule has 0 spiro atoms. The lowest BCUT2D eigenvalue weighted by atomic mass is 9.83. The lowest BCUT2D eigenvalue weighted by Gasteiger charge is -2.27. The zero-order chi connectivity index (χ0) is 13.2. The average molecular weight is 265 g/mol. The molecule has 0 bridgehead atoms. The third-order valence-corrected chi connectivity index (χ3v) is 3.53. The van der Waals surface area contributed by atoms with Crippen molar-refractivity contribution in [2.24, 2.45) is 0 Å². The topological polar surface area (TPSA) is 38.3 Å². The van der Waals surface area contributed by atoms with Gasteiger partial charge in [-0.1, -0.05) is 38.6 Å². The van der Waals surface area contributed by atoms with Crippen LogP contribution < -0.4 is 10.1 Å². The summed E-state index contributed by atoms with van der Waals surface area (Å²) in [6.45, 7) is 5.62. The molecule has 0 saturated heterocycles. The van der Waals surface area contributed by atoms with Gasteiger partial charge in [-0.2, -0.15) is 0 Å². The van der Waals surface area contributed by atoms with Gasteiger partial charge in [0.25, 0.3) is 5.24 Å². The van der Waals surface area contributed by atoms with Gasteiger partial charge in [0.2, 0.25) is 0 Å². The van der Waals surface area contributed by atoms with Gasteiger partial charge < -0.3 is 10.1 Å². The number of benzene rings is 1. The molecule has 1 N–H and O–H groups in total. The first-order valence-corrected chi connectivity index (χ1v) is 6.67. The number of ether oxygens (including phenoxy) is 1. The van der Waals surface area contributed by atoms with Gasteiger partial charge in [-0.05, 0) is 30.0 Å². The van der Waals surface area contributed by atoms with Crippen molar-refractivity contribution in [2.75, 3.05) is 13.2 Å². The molecule has 1 heterocycles. The normalized spacial score (nSPS) is 14.6. The van der Waals surface area contributed by atoms with Gasteiger partial charge in [0.1, 0.15) is 5.75 Å². The molecule has 0 aliphatic carbocycles. The van der Waals surface area contributed by atoms with Gasteiger partial charge in [0.05, 0.1) is 6.61 Å². The maximum atomic E-state index is 10.9. The van der Waals surface area contributed by atoms with Crippen molar-refractivity contribution in [1.29, 1.82) is 0 Å². The average Bonchev–Trinajstić information content (AvgIpc) is 2.36. The van der Waals surface area contributed by atoms with Gasteiger partial charge in [-0.25, -0.2) is 0 Å². The molecule has 0 fully saturated rings. The number of nitrogens with one attached hydrogen (secondary N) is 1. The number of amides is 1. The predicted octanol–water partition coefficient (Wildman–Crippen LogP) is 2.93. The van der Waals surface area contributed by atoms with E-state index in [0.29, 0.717) is 6.54 Å². The van der Waals surface area contributed by atoms with Crippen LogP contribution in [-0.4, -0.2) is 18.4 Å². The first-order chi connectivity index (χ1) is 8.49. The fourth-order valence-corrected chi connectivity index (χ4v) is 2.26. The summed E-state index contributed by atoms with van der Waals surface area (Å²) < 4.78 is 5.61. The van der Waals surface area contributed by atoms with Crippen molar-refractivity contribution >= 4 is 17.9 Å². The van der Waals surface area contributed by atoms with Crippen LogP contribution in [0.3, 0.4) is 0 Å². The zero-order valence-corrected chi connectivity index (χ0v) is 11.7. The van der Waals surface area contributed by atoms with Crippen LogP contribution in [0.25, 0.3) is 0 Å². The van der Waals surface area contributed by atoms with Crippen molar-refractivity contribution in [3.63, 3.8) is 0 Å². The summed E-state index contributed by atoms with van der Waals surface area (Å²) in [5, 5.41) is 2.47. The molecule has 0 aromatic heterocycles. The fraction of sp³-hybridized carbons (Fsp3) is 0.500. The SMILES string of the molecule is CC(C)(CNC(=O)S)c1ccc2c(c1)CCCO2. The molecule has 1 aromatic rings. The molecule has 1 amide bonds. The van der Waals surface area contributed by atoms with E-state index >= 15 is 0 Å². The molecular weight excluding hydrogens is 246 g/mol. The van der Waals surface area contributed by atoms with Crippen LogP contribution in [0.5, 0.6) is 5.75 Å². The number of hydrogen-bond donors (Lipinski definition) is 2. The van der Waals surface area contributed by atoms with Crippen LogP contribution in [-0.2, 0) is 11.8 Å². The molecule has 1 aliphatic heterocycles. The largest absolute Gasteiger partial charge is 0.493 e. The number of thiol groups is 1. The summed E-state index contributed by atoms with van der Waals surface area (Å²) in [4.78, 5) is 10.9. The van der Waals surface area contributed by atoms with E-state index in [4.69, 9.17) is 4.74 Å². The number of fused-ring (bicyclic) bond motifs is 1. The predicted molar refractivity (Wildman–Crippen MR) is 75.7 cm³/mol. The maximum Gasteiger partial charge on any atom is 0.276 e. The van der Waals surface area contributed by atoms with Gasteiger partial charge >= 0.3 is 0 Å². The van der Waals surface area contributed by atoms with Gasteiger partial charge in [-0.15, -0.1) is 0 Å². The maximum absolute atomic E-state index is 10.9. The summed E-state index contributed by atoms with van der Waals surface area (Å²) in [5.74, 6) is 0.999. The lowest BCUT2D eigenvalue weighted by Crippen LogP contribution is -2.34. The van der Waals surface area contributed by atoms with E-state index in [0.717, 1.165) is 25.2 Å². The van der Waals surface area contributed by atoms with Gasteiger partial charge in [0.15, 0.2) is 0 Å². The number of carbonyl (C=O) groups is 1. The van der Waals surface area contributed by atoms with E-state index in [-0.39, 0.29) is 10.7 Å². The van der Waals surface area contributed by atoms with Crippen molar-refractivity contribution < 1.29 is 9.53 Å². The third-order valence-electron chi connectivity index (χ3n) is 3.37. The highest BCUT2D eigenvalue weighted by atomic mass is 32.1. The lowest BCUT2D eigenvalue weighted by molar-refractivity contribution is 0.258. The molecule has 0 radical (unpaired) electrons. The van der Waals surface area contributed by atoms with Crippen LogP contribution in [0, 0.1) is 0 Å². The molecule has 1 aromatic carbocycles. The molecule has 18 heavy (non-hydrogen) atoms. The van der Waals surface area contributed by atoms with Gasteiger partial charge in [0, 0.05) is 12.0 Å². The highest BCUT2D eigenvalue weighted by molar-refractivity contribution is 7.96. The van der Waals surface area contributed by atoms with Crippen LogP contribution >= 0.6 is 12.6 Å². The fourth-order valence-electron chi connectivity index (χ4n) is 2.18. The standard InChI is InChI=1S/C14H19NO2S/c1-14(2,9-15-13(16)18)11-5-6-12-10(8-11)4-3-7-17-12/h5-6,8H,3-4,7,9H2,1-2H3,(H2,15,16,18). The minimum atomic E-state index is -0.288. The van der Waals surface area contributed by atoms with E-state index in [1.807, 2.05) is 6.07 Å². The van der Waals surface area contributed by atoms with Crippen LogP contribution in [0.4, 0.5) is 4.79 Å². The second kappa shape index (κ2) is 5.22. The van der Waals surface area contributed by atoms with Crippen LogP contribution in [0.2, 0.25) is 0 Å². The Balaban J connectivity index is 2.19. The Labute approximate surface area is 113 Å². The Morgan fingerprint density at radius 3 is 3.00 bits per heavy atom. The highest BCUT2D eigenvalue weighted by Gasteiger charge is 2.23. The molecule has 1 aliphatic rings. The molecule has 4 heteroatoms. The molecule has 0 saturated carbocycles. The quantitative estimate of drug-likeness (QED) is 0.825. The summed E-state index contributed by atoms with van der Waals surface area (Å²) in [6, 6.07) is 6.31. The van der Waals surface area contributed by atoms with Crippen LogP contribution in [0.1, 0.15) is 31.4 Å². The number of rotatable bonds is 3. The van der Waals surface area contributed by atoms with Crippen LogP contribution in [0.15, 0.2) is 18.2 Å². The Bertz CT molecular complexity index is 457. The van der Waals surface area contributed by atoms with E-state index in [1.165, 1.54) is 11.1 Å². The van der Waals surface area contributed by atoms with E-state index in [1.54, 1.807) is 0 Å². The minimum absolute atomic E-state index is 0.106. The first kappa shape index (κ1) is 13.3. The second-order valence-corrected chi connectivity index (χ2v) is 5.72. The Kier molecular flexibility index (Phi) is 3.85. The van der Waals surface area contributed by atoms with E-state index < -0.39 is 0 Å². The van der Waals surface area contributed by atoms with E-state index in [2.05, 4.69) is 43.9 Å². The third kappa shape index (κ3) is 2.99. The Hall–Kier alpha value is -1.16. The Morgan fingerprint density at radius 2 is 2.28 bits per heavy atom. The number of hydrogen-bond acceptors (Lipinski definition) is 2. The van der Waals surface area contributed by atoms with Crippen molar-refractivity contribution in [3.05, 3.63) is 29.3 Å². The number of aryl methyl sites for hydroxylation is 1. The monoisotopic (exact) mass is 265 g/mol. The molecular formula is C14H19NO2S. The minimum Gasteiger partial charge on any atom is -0.493 e. The molecule has 3 nitrogen and oxygen atoms in total. The number of carbonyl (C=O) groups excluding carboxylic acids is 1. The summed E-state index contributed by atoms with van der Waals surface area (Å²) in [5.41, 5.74) is 2.38. The summed E-state index contributed by atoms with van der Waals surface area (Å²) >= 11 is 3.73. The van der Waals surface area contributed by atoms with E-state index in [9.17, 15) is 4.79 Å². The molecule has 0 atom stereocenters. The molecule has 2 rings (SSSR count). The highest BCUT2D eigenvalue weighted by Crippen LogP contribution is 2.30. The van der Waals surface area contributed by atoms with Crippen molar-refractivity contribution in [2.45, 2.75) is 32.1 Å². The summed E-state index contributed by atoms with van der Waals surface area (Å²) in [6.07, 6.45) is 2.14. The smallest absolute Gasteiger partial charge is 0.276 e. The molecule has 0 unspecified atom stereocenters. The Morgan fingerprint density at radius 1 is 1.50 bits per heavy atom.